The van der Waals surface area contributed by atoms with Crippen molar-refractivity contribution in [2.75, 3.05) is 23.8 Å². The predicted octanol–water partition coefficient (Wildman–Crippen LogP) is 2.87. The van der Waals surface area contributed by atoms with Crippen LogP contribution in [0.4, 0.5) is 8.78 Å². The molecule has 0 N–H and O–H groups in total. The van der Waals surface area contributed by atoms with Gasteiger partial charge in [-0.1, -0.05) is 13.3 Å². The molecule has 0 aromatic heterocycles. The second-order valence-electron chi connectivity index (χ2n) is 5.86. The van der Waals surface area contributed by atoms with Gasteiger partial charge in [-0.25, -0.2) is 17.2 Å². The van der Waals surface area contributed by atoms with Crippen LogP contribution in [-0.2, 0) is 14.6 Å². The van der Waals surface area contributed by atoms with Gasteiger partial charge in [0.25, 0.3) is 0 Å². The smallest absolute Gasteiger partial charge is 0.233 e. The minimum Gasteiger partial charge on any atom is -0.338 e. The normalized spacial score (nSPS) is 19.4. The quantitative estimate of drug-likeness (QED) is 0.686. The molecule has 8 heteroatoms. The van der Waals surface area contributed by atoms with E-state index >= 15 is 0 Å². The first kappa shape index (κ1) is 19.2. The van der Waals surface area contributed by atoms with Gasteiger partial charge < -0.3 is 4.90 Å². The van der Waals surface area contributed by atoms with Gasteiger partial charge >= 0.3 is 0 Å². The molecular formula is C16H21F2NO3S2. The van der Waals surface area contributed by atoms with Crippen molar-refractivity contribution in [2.45, 2.75) is 37.1 Å². The Kier molecular flexibility index (Phi) is 6.62. The summed E-state index contributed by atoms with van der Waals surface area (Å²) in [5.41, 5.74) is 0. The fourth-order valence-electron chi connectivity index (χ4n) is 2.66. The third-order valence-electron chi connectivity index (χ3n) is 3.98. The highest BCUT2D eigenvalue weighted by Crippen LogP contribution is 2.23. The van der Waals surface area contributed by atoms with E-state index in [1.807, 2.05) is 6.92 Å². The number of halogens is 2. The summed E-state index contributed by atoms with van der Waals surface area (Å²) in [5.74, 6) is -1.84. The van der Waals surface area contributed by atoms with Crippen LogP contribution in [-0.4, -0.2) is 49.1 Å². The van der Waals surface area contributed by atoms with Crippen molar-refractivity contribution in [1.29, 1.82) is 0 Å². The molecule has 1 aliphatic heterocycles. The summed E-state index contributed by atoms with van der Waals surface area (Å²) in [7, 11) is -3.07. The average Bonchev–Trinajstić information content (AvgIpc) is 2.88. The molecule has 0 bridgehead atoms. The van der Waals surface area contributed by atoms with E-state index in [0.29, 0.717) is 17.9 Å². The van der Waals surface area contributed by atoms with Crippen LogP contribution in [0.2, 0.25) is 0 Å². The minimum absolute atomic E-state index is 0.0122. The van der Waals surface area contributed by atoms with Gasteiger partial charge in [-0.2, -0.15) is 0 Å². The van der Waals surface area contributed by atoms with Gasteiger partial charge in [0.1, 0.15) is 0 Å². The zero-order valence-corrected chi connectivity index (χ0v) is 15.1. The standard InChI is InChI=1S/C16H21F2NO3S2/c1-2-3-7-19(12-6-8-24(21,22)11-12)16(20)10-23-13-4-5-14(17)15(18)9-13/h4-5,9,12H,2-3,6-8,10-11H2,1H3. The predicted molar refractivity (Wildman–Crippen MR) is 90.8 cm³/mol. The number of amides is 1. The third-order valence-corrected chi connectivity index (χ3v) is 6.70. The summed E-state index contributed by atoms with van der Waals surface area (Å²) in [4.78, 5) is 14.6. The van der Waals surface area contributed by atoms with Crippen molar-refractivity contribution in [3.05, 3.63) is 29.8 Å². The zero-order chi connectivity index (χ0) is 17.7. The molecule has 1 aromatic carbocycles. The van der Waals surface area contributed by atoms with Gasteiger partial charge in [-0.15, -0.1) is 11.8 Å². The first-order valence-corrected chi connectivity index (χ1v) is 10.7. The highest BCUT2D eigenvalue weighted by atomic mass is 32.2. The highest BCUT2D eigenvalue weighted by Gasteiger charge is 2.34. The molecule has 2 rings (SSSR count). The summed E-state index contributed by atoms with van der Waals surface area (Å²) in [6.45, 7) is 2.53. The summed E-state index contributed by atoms with van der Waals surface area (Å²) >= 11 is 1.12. The molecule has 1 aromatic rings. The van der Waals surface area contributed by atoms with E-state index in [9.17, 15) is 22.0 Å². The maximum Gasteiger partial charge on any atom is 0.233 e. The van der Waals surface area contributed by atoms with Crippen LogP contribution in [0.15, 0.2) is 23.1 Å². The SMILES string of the molecule is CCCCN(C(=O)CSc1ccc(F)c(F)c1)C1CCS(=O)(=O)C1. The van der Waals surface area contributed by atoms with E-state index < -0.39 is 21.5 Å². The first-order valence-electron chi connectivity index (χ1n) is 7.90. The topological polar surface area (TPSA) is 54.5 Å². The molecule has 1 fully saturated rings. The van der Waals surface area contributed by atoms with E-state index in [2.05, 4.69) is 0 Å². The monoisotopic (exact) mass is 377 g/mol. The van der Waals surface area contributed by atoms with Gasteiger partial charge in [-0.05, 0) is 31.0 Å². The second-order valence-corrected chi connectivity index (χ2v) is 9.14. The molecule has 1 amide bonds. The van der Waals surface area contributed by atoms with Crippen LogP contribution in [0.1, 0.15) is 26.2 Å². The van der Waals surface area contributed by atoms with E-state index in [1.165, 1.54) is 6.07 Å². The molecule has 1 saturated heterocycles. The minimum atomic E-state index is -3.07. The van der Waals surface area contributed by atoms with Gasteiger partial charge in [0.2, 0.25) is 5.91 Å². The van der Waals surface area contributed by atoms with Gasteiger partial charge in [0.15, 0.2) is 21.5 Å². The molecular weight excluding hydrogens is 356 g/mol. The van der Waals surface area contributed by atoms with Crippen molar-refractivity contribution in [2.24, 2.45) is 0 Å². The molecule has 24 heavy (non-hydrogen) atoms. The Balaban J connectivity index is 2.00. The molecule has 4 nitrogen and oxygen atoms in total. The van der Waals surface area contributed by atoms with Crippen LogP contribution < -0.4 is 0 Å². The van der Waals surface area contributed by atoms with Crippen molar-refractivity contribution in [3.8, 4) is 0 Å². The van der Waals surface area contributed by atoms with Crippen molar-refractivity contribution < 1.29 is 22.0 Å². The van der Waals surface area contributed by atoms with Crippen LogP contribution in [0.25, 0.3) is 0 Å². The Morgan fingerprint density at radius 2 is 2.08 bits per heavy atom. The molecule has 1 aliphatic rings. The number of thioether (sulfide) groups is 1. The summed E-state index contributed by atoms with van der Waals surface area (Å²) in [6.07, 6.45) is 2.17. The number of nitrogens with zero attached hydrogens (tertiary/aromatic N) is 1. The number of sulfone groups is 1. The maximum atomic E-state index is 13.2. The number of carbonyl (C=O) groups excluding carboxylic acids is 1. The Bertz CT molecular complexity index is 695. The van der Waals surface area contributed by atoms with Crippen LogP contribution in [0.3, 0.4) is 0 Å². The molecule has 1 unspecified atom stereocenters. The molecule has 0 radical (unpaired) electrons. The Morgan fingerprint density at radius 3 is 2.67 bits per heavy atom. The Hall–Kier alpha value is -1.15. The van der Waals surface area contributed by atoms with Crippen LogP contribution >= 0.6 is 11.8 Å². The Morgan fingerprint density at radius 1 is 1.33 bits per heavy atom. The number of unbranched alkanes of at least 4 members (excludes halogenated alkanes) is 1. The second kappa shape index (κ2) is 8.29. The average molecular weight is 377 g/mol. The summed E-state index contributed by atoms with van der Waals surface area (Å²) in [5, 5.41) is 0. The number of hydrogen-bond donors (Lipinski definition) is 0. The molecule has 0 saturated carbocycles. The van der Waals surface area contributed by atoms with E-state index in [0.717, 1.165) is 36.7 Å². The van der Waals surface area contributed by atoms with E-state index in [1.54, 1.807) is 4.90 Å². The van der Waals surface area contributed by atoms with Gasteiger partial charge in [0.05, 0.1) is 17.3 Å². The lowest BCUT2D eigenvalue weighted by Gasteiger charge is -2.28. The Labute approximate surface area is 145 Å². The van der Waals surface area contributed by atoms with Crippen LogP contribution in [0.5, 0.6) is 0 Å². The molecule has 1 atom stereocenters. The lowest BCUT2D eigenvalue weighted by molar-refractivity contribution is -0.130. The van der Waals surface area contributed by atoms with E-state index in [4.69, 9.17) is 0 Å². The fourth-order valence-corrected chi connectivity index (χ4v) is 5.19. The lowest BCUT2D eigenvalue weighted by atomic mass is 10.2. The zero-order valence-electron chi connectivity index (χ0n) is 13.5. The largest absolute Gasteiger partial charge is 0.338 e. The van der Waals surface area contributed by atoms with E-state index in [-0.39, 0.29) is 29.2 Å². The van der Waals surface area contributed by atoms with Crippen molar-refractivity contribution >= 4 is 27.5 Å². The fraction of sp³-hybridized carbons (Fsp3) is 0.562. The molecule has 1 heterocycles. The van der Waals surface area contributed by atoms with Crippen LogP contribution in [0, 0.1) is 11.6 Å². The van der Waals surface area contributed by atoms with Crippen molar-refractivity contribution in [1.82, 2.24) is 4.90 Å². The molecule has 134 valence electrons. The number of rotatable bonds is 7. The van der Waals surface area contributed by atoms with Gasteiger partial charge in [0, 0.05) is 17.5 Å². The third kappa shape index (κ3) is 5.17. The van der Waals surface area contributed by atoms with Crippen molar-refractivity contribution in [3.63, 3.8) is 0 Å². The highest BCUT2D eigenvalue weighted by molar-refractivity contribution is 8.00. The first-order chi connectivity index (χ1) is 11.3. The lowest BCUT2D eigenvalue weighted by Crippen LogP contribution is -2.42. The summed E-state index contributed by atoms with van der Waals surface area (Å²) < 4.78 is 49.5. The molecule has 0 aliphatic carbocycles. The number of carbonyl (C=O) groups is 1. The number of benzene rings is 1. The summed E-state index contributed by atoms with van der Waals surface area (Å²) in [6, 6.07) is 3.23. The molecule has 0 spiro atoms. The number of hydrogen-bond acceptors (Lipinski definition) is 4. The maximum absolute atomic E-state index is 13.2. The van der Waals surface area contributed by atoms with Gasteiger partial charge in [-0.3, -0.25) is 4.79 Å².